The predicted octanol–water partition coefficient (Wildman–Crippen LogP) is -0.672. The molecule has 0 spiro atoms. The minimum absolute atomic E-state index is 0.241. The number of rotatable bonds is 2. The molecular weight excluding hydrogens is 67.3 g/mol. The average molecular weight is 71.3 g/mol. The summed E-state index contributed by atoms with van der Waals surface area (Å²) in [7, 11) is 13.2. The molecule has 0 aliphatic heterocycles. The van der Waals surface area contributed by atoms with Gasteiger partial charge in [-0.3, -0.25) is 0 Å². The zero-order valence-corrected chi connectivity index (χ0v) is 3.89. The molecule has 6 heavy (non-hydrogen) atoms. The molecule has 0 aromatic heterocycles. The van der Waals surface area contributed by atoms with Crippen molar-refractivity contribution >= 4 is 29.8 Å². The van der Waals surface area contributed by atoms with Crippen molar-refractivity contribution in [3.8, 4) is 0 Å². The van der Waals surface area contributed by atoms with Gasteiger partial charge in [0.05, 0.1) is 0 Å². The van der Waals surface area contributed by atoms with E-state index in [1.807, 2.05) is 6.92 Å². The minimum Gasteiger partial charge on any atom is -0.114 e. The highest BCUT2D eigenvalue weighted by Gasteiger charge is 1.90. The zero-order chi connectivity index (χ0) is 4.99. The van der Waals surface area contributed by atoms with E-state index >= 15 is 0 Å². The lowest BCUT2D eigenvalue weighted by Crippen LogP contribution is -2.07. The summed E-state index contributed by atoms with van der Waals surface area (Å²) in [6, 6.07) is 0. The fourth-order valence-electron chi connectivity index (χ4n) is 0.0642. The van der Waals surface area contributed by atoms with Crippen LogP contribution >= 0.6 is 0 Å². The maximum atomic E-state index is 5.05. The van der Waals surface area contributed by atoms with Gasteiger partial charge in [0.1, 0.15) is 0 Å². The molecule has 0 rings (SSSR count). The first kappa shape index (κ1) is 6.26. The first-order chi connectivity index (χ1) is 2.81. The van der Waals surface area contributed by atoms with E-state index in [4.69, 9.17) is 15.5 Å². The van der Waals surface area contributed by atoms with Gasteiger partial charge in [-0.2, -0.15) is 0 Å². The highest BCUT2D eigenvalue weighted by atomic mass is 13.5. The van der Waals surface area contributed by atoms with E-state index in [2.05, 4.69) is 0 Å². The van der Waals surface area contributed by atoms with Crippen molar-refractivity contribution < 1.29 is 0 Å². The van der Waals surface area contributed by atoms with Crippen LogP contribution in [0.2, 0.25) is 5.72 Å². The van der Waals surface area contributed by atoms with Crippen LogP contribution in [0.15, 0.2) is 0 Å². The maximum absolute atomic E-state index is 5.05. The fraction of sp³-hybridized carbons (Fsp3) is 1.00. The van der Waals surface area contributed by atoms with E-state index in [1.54, 1.807) is 14.3 Å². The van der Waals surface area contributed by atoms with Crippen LogP contribution < -0.4 is 0 Å². The summed E-state index contributed by atoms with van der Waals surface area (Å²) in [5.41, 5.74) is 0.241. The SMILES string of the molecule is [B][B]C(C)[B][B]. The Labute approximate surface area is 43.3 Å². The Morgan fingerprint density at radius 1 is 1.33 bits per heavy atom. The first-order valence-electron chi connectivity index (χ1n) is 1.91. The molecule has 0 amide bonds. The quantitative estimate of drug-likeness (QED) is 0.379. The molecule has 0 bridgehead atoms. The summed E-state index contributed by atoms with van der Waals surface area (Å²) < 4.78 is 0. The molecule has 0 unspecified atom stereocenters. The van der Waals surface area contributed by atoms with E-state index < -0.39 is 0 Å². The van der Waals surface area contributed by atoms with Crippen LogP contribution in [-0.2, 0) is 0 Å². The lowest BCUT2D eigenvalue weighted by molar-refractivity contribution is 1.35. The molecule has 4 heteroatoms. The Hall–Kier alpha value is 0.260. The summed E-state index contributed by atoms with van der Waals surface area (Å²) in [6.07, 6.45) is 0. The summed E-state index contributed by atoms with van der Waals surface area (Å²) in [5, 5.41) is 0. The van der Waals surface area contributed by atoms with Crippen LogP contribution in [-0.4, -0.2) is 29.8 Å². The van der Waals surface area contributed by atoms with Gasteiger partial charge in [-0.15, -0.1) is 5.72 Å². The largest absolute Gasteiger partial charge is 0.114 e. The Bertz CT molecular complexity index is 24.7. The zero-order valence-electron chi connectivity index (χ0n) is 3.89. The second kappa shape index (κ2) is 3.45. The van der Waals surface area contributed by atoms with E-state index in [9.17, 15) is 0 Å². The van der Waals surface area contributed by atoms with Gasteiger partial charge in [-0.25, -0.2) is 0 Å². The Morgan fingerprint density at radius 3 is 1.67 bits per heavy atom. The molecule has 6 radical (unpaired) electrons. The Balaban J connectivity index is 2.75. The molecule has 0 aromatic rings. The van der Waals surface area contributed by atoms with Crippen LogP contribution in [0, 0.1) is 0 Å². The van der Waals surface area contributed by atoms with Crippen molar-refractivity contribution in [2.24, 2.45) is 0 Å². The molecule has 0 nitrogen and oxygen atoms in total. The Kier molecular flexibility index (Phi) is 3.60. The van der Waals surface area contributed by atoms with Crippen LogP contribution in [0.5, 0.6) is 0 Å². The van der Waals surface area contributed by atoms with Crippen molar-refractivity contribution in [2.75, 3.05) is 0 Å². The molecule has 0 aromatic carbocycles. The van der Waals surface area contributed by atoms with Crippen LogP contribution in [0.3, 0.4) is 0 Å². The van der Waals surface area contributed by atoms with E-state index in [1.165, 1.54) is 0 Å². The van der Waals surface area contributed by atoms with Gasteiger partial charge in [0.2, 0.25) is 0 Å². The molecule has 0 atom stereocenters. The fourth-order valence-corrected chi connectivity index (χ4v) is 0.0642. The third kappa shape index (κ3) is 2.49. The van der Waals surface area contributed by atoms with Crippen molar-refractivity contribution in [2.45, 2.75) is 12.6 Å². The molecule has 0 saturated carbocycles. The summed E-state index contributed by atoms with van der Waals surface area (Å²) in [6.45, 7) is 1.92. The average Bonchev–Trinajstić information content (AvgIpc) is 1.65. The minimum atomic E-state index is 0.241. The lowest BCUT2D eigenvalue weighted by Gasteiger charge is -1.97. The molecule has 0 saturated heterocycles. The summed E-state index contributed by atoms with van der Waals surface area (Å²) in [4.78, 5) is 0. The molecule has 0 N–H and O–H groups in total. The monoisotopic (exact) mass is 72.1 g/mol. The van der Waals surface area contributed by atoms with Crippen LogP contribution in [0.25, 0.3) is 0 Å². The molecule has 0 heterocycles. The lowest BCUT2D eigenvalue weighted by atomic mass is 9.30. The third-order valence-electron chi connectivity index (χ3n) is 0.607. The highest BCUT2D eigenvalue weighted by Crippen LogP contribution is 1.89. The summed E-state index contributed by atoms with van der Waals surface area (Å²) in [5.74, 6) is 0. The van der Waals surface area contributed by atoms with Gasteiger partial charge >= 0.3 is 0 Å². The van der Waals surface area contributed by atoms with Crippen LogP contribution in [0.4, 0.5) is 0 Å². The smallest absolute Gasteiger partial charge is 0.0470 e. The number of hydrogen-bond donors (Lipinski definition) is 0. The first-order valence-corrected chi connectivity index (χ1v) is 1.91. The second-order valence-corrected chi connectivity index (χ2v) is 1.24. The van der Waals surface area contributed by atoms with Gasteiger partial charge in [0.15, 0.2) is 0 Å². The second-order valence-electron chi connectivity index (χ2n) is 1.24. The standard InChI is InChI=1S/C2H4B4/c1-2(5-3)6-4/h2H,1H3. The molecular formula is C2H4B4. The van der Waals surface area contributed by atoms with Crippen molar-refractivity contribution in [3.05, 3.63) is 0 Å². The van der Waals surface area contributed by atoms with Crippen LogP contribution in [0.1, 0.15) is 6.92 Å². The molecule has 0 aliphatic rings. The maximum Gasteiger partial charge on any atom is 0.0470 e. The van der Waals surface area contributed by atoms with Gasteiger partial charge in [0.25, 0.3) is 0 Å². The van der Waals surface area contributed by atoms with Crippen molar-refractivity contribution in [1.29, 1.82) is 0 Å². The van der Waals surface area contributed by atoms with E-state index in [0.717, 1.165) is 0 Å². The van der Waals surface area contributed by atoms with E-state index in [0.29, 0.717) is 0 Å². The van der Waals surface area contributed by atoms with Gasteiger partial charge in [-0.1, -0.05) is 6.92 Å². The third-order valence-corrected chi connectivity index (χ3v) is 0.607. The normalized spacial score (nSPS) is 8.33. The number of hydrogen-bond acceptors (Lipinski definition) is 0. The van der Waals surface area contributed by atoms with Crippen molar-refractivity contribution in [1.82, 2.24) is 0 Å². The molecule has 0 aliphatic carbocycles. The predicted molar refractivity (Wildman–Crippen MR) is 32.4 cm³/mol. The molecule has 24 valence electrons. The van der Waals surface area contributed by atoms with Crippen molar-refractivity contribution in [3.63, 3.8) is 0 Å². The topological polar surface area (TPSA) is 0 Å². The Morgan fingerprint density at radius 2 is 1.67 bits per heavy atom. The molecule has 0 fully saturated rings. The summed E-state index contributed by atoms with van der Waals surface area (Å²) >= 11 is 0. The van der Waals surface area contributed by atoms with Gasteiger partial charge in [-0.05, 0) is 0 Å². The van der Waals surface area contributed by atoms with E-state index in [-0.39, 0.29) is 5.72 Å². The van der Waals surface area contributed by atoms with Gasteiger partial charge < -0.3 is 0 Å². The van der Waals surface area contributed by atoms with Gasteiger partial charge in [0, 0.05) is 29.8 Å². The highest BCUT2D eigenvalue weighted by molar-refractivity contribution is 7.03.